The number of nitrogens with zero attached hydrogens (tertiary/aromatic N) is 3. The van der Waals surface area contributed by atoms with Gasteiger partial charge in [0.05, 0.1) is 29.9 Å². The molecule has 128 valence electrons. The molecule has 1 fully saturated rings. The summed E-state index contributed by atoms with van der Waals surface area (Å²) in [6, 6.07) is 7.49. The molecule has 3 aromatic heterocycles. The van der Waals surface area contributed by atoms with Crippen molar-refractivity contribution in [2.24, 2.45) is 0 Å². The largest absolute Gasteiger partial charge is 0.463 e. The van der Waals surface area contributed by atoms with E-state index in [4.69, 9.17) is 4.42 Å². The van der Waals surface area contributed by atoms with E-state index in [-0.39, 0.29) is 5.91 Å². The molecule has 0 aromatic carbocycles. The van der Waals surface area contributed by atoms with Crippen LogP contribution in [0.3, 0.4) is 0 Å². The van der Waals surface area contributed by atoms with Gasteiger partial charge in [0.25, 0.3) is 5.91 Å². The molecule has 0 aliphatic heterocycles. The van der Waals surface area contributed by atoms with E-state index in [1.807, 2.05) is 17.7 Å². The highest BCUT2D eigenvalue weighted by Gasteiger charge is 2.21. The second-order valence-corrected chi connectivity index (χ2v) is 6.39. The zero-order chi connectivity index (χ0) is 17.2. The Morgan fingerprint density at radius 1 is 1.32 bits per heavy atom. The van der Waals surface area contributed by atoms with Crippen molar-refractivity contribution in [2.75, 3.05) is 5.32 Å². The van der Waals surface area contributed by atoms with E-state index in [0.717, 1.165) is 24.2 Å². The van der Waals surface area contributed by atoms with Crippen molar-refractivity contribution in [3.05, 3.63) is 54.2 Å². The first kappa shape index (κ1) is 15.6. The van der Waals surface area contributed by atoms with Gasteiger partial charge >= 0.3 is 0 Å². The number of hydrogen-bond acceptors (Lipinski definition) is 4. The van der Waals surface area contributed by atoms with Gasteiger partial charge < -0.3 is 9.73 Å². The van der Waals surface area contributed by atoms with E-state index >= 15 is 0 Å². The number of anilines is 1. The first-order chi connectivity index (χ1) is 12.2. The zero-order valence-electron chi connectivity index (χ0n) is 14.1. The van der Waals surface area contributed by atoms with Crippen LogP contribution in [0.25, 0.3) is 11.5 Å². The van der Waals surface area contributed by atoms with E-state index in [0.29, 0.717) is 23.1 Å². The molecule has 0 bridgehead atoms. The Morgan fingerprint density at radius 3 is 2.92 bits per heavy atom. The Balaban J connectivity index is 1.53. The van der Waals surface area contributed by atoms with Gasteiger partial charge in [-0.05, 0) is 44.0 Å². The molecule has 1 aliphatic rings. The first-order valence-corrected chi connectivity index (χ1v) is 8.58. The molecule has 1 saturated carbocycles. The Morgan fingerprint density at radius 2 is 2.16 bits per heavy atom. The molecular formula is C19H20N4O2. The van der Waals surface area contributed by atoms with E-state index in [2.05, 4.69) is 15.4 Å². The number of aromatic nitrogens is 3. The molecule has 25 heavy (non-hydrogen) atoms. The molecule has 1 N–H and O–H groups in total. The van der Waals surface area contributed by atoms with Crippen LogP contribution >= 0.6 is 0 Å². The van der Waals surface area contributed by atoms with Gasteiger partial charge in [-0.1, -0.05) is 12.8 Å². The SMILES string of the molecule is Cc1c(NC(=O)c2ccnc(-c3ccco3)c2)cnn1C1CCCC1. The van der Waals surface area contributed by atoms with Gasteiger partial charge in [0.15, 0.2) is 5.76 Å². The Kier molecular flexibility index (Phi) is 4.09. The number of nitrogens with one attached hydrogen (secondary N) is 1. The maximum absolute atomic E-state index is 12.6. The zero-order valence-corrected chi connectivity index (χ0v) is 14.1. The quantitative estimate of drug-likeness (QED) is 0.774. The van der Waals surface area contributed by atoms with Gasteiger partial charge in [0, 0.05) is 11.8 Å². The highest BCUT2D eigenvalue weighted by atomic mass is 16.3. The van der Waals surface area contributed by atoms with Gasteiger partial charge in [-0.15, -0.1) is 0 Å². The first-order valence-electron chi connectivity index (χ1n) is 8.58. The van der Waals surface area contributed by atoms with Crippen LogP contribution in [-0.2, 0) is 0 Å². The van der Waals surface area contributed by atoms with Gasteiger partial charge in [0.1, 0.15) is 5.69 Å². The molecule has 0 unspecified atom stereocenters. The van der Waals surface area contributed by atoms with Gasteiger partial charge in [-0.3, -0.25) is 14.5 Å². The normalized spacial score (nSPS) is 14.8. The van der Waals surface area contributed by atoms with Crippen LogP contribution in [0.4, 0.5) is 5.69 Å². The van der Waals surface area contributed by atoms with E-state index in [1.165, 1.54) is 12.8 Å². The van der Waals surface area contributed by atoms with Crippen molar-refractivity contribution in [3.8, 4) is 11.5 Å². The van der Waals surface area contributed by atoms with Crippen LogP contribution in [0.2, 0.25) is 0 Å². The van der Waals surface area contributed by atoms with Crippen LogP contribution in [0, 0.1) is 6.92 Å². The average molecular weight is 336 g/mol. The summed E-state index contributed by atoms with van der Waals surface area (Å²) in [5, 5.41) is 7.44. The summed E-state index contributed by atoms with van der Waals surface area (Å²) < 4.78 is 7.39. The highest BCUT2D eigenvalue weighted by Crippen LogP contribution is 2.31. The third-order valence-electron chi connectivity index (χ3n) is 4.76. The lowest BCUT2D eigenvalue weighted by Gasteiger charge is -2.12. The van der Waals surface area contributed by atoms with E-state index < -0.39 is 0 Å². The van der Waals surface area contributed by atoms with E-state index in [1.54, 1.807) is 36.9 Å². The summed E-state index contributed by atoms with van der Waals surface area (Å²) in [6.07, 6.45) is 9.75. The summed E-state index contributed by atoms with van der Waals surface area (Å²) in [4.78, 5) is 16.9. The minimum atomic E-state index is -0.177. The minimum absolute atomic E-state index is 0.177. The molecule has 3 heterocycles. The third kappa shape index (κ3) is 3.07. The Labute approximate surface area is 145 Å². The number of rotatable bonds is 4. The Hall–Kier alpha value is -2.89. The smallest absolute Gasteiger partial charge is 0.255 e. The molecule has 1 amide bonds. The lowest BCUT2D eigenvalue weighted by molar-refractivity contribution is 0.102. The van der Waals surface area contributed by atoms with Crippen molar-refractivity contribution in [2.45, 2.75) is 38.6 Å². The maximum Gasteiger partial charge on any atom is 0.255 e. The summed E-state index contributed by atoms with van der Waals surface area (Å²) in [5.41, 5.74) is 2.93. The fourth-order valence-electron chi connectivity index (χ4n) is 3.39. The van der Waals surface area contributed by atoms with Crippen molar-refractivity contribution >= 4 is 11.6 Å². The highest BCUT2D eigenvalue weighted by molar-refractivity contribution is 6.04. The second-order valence-electron chi connectivity index (χ2n) is 6.39. The molecule has 6 heteroatoms. The van der Waals surface area contributed by atoms with Crippen molar-refractivity contribution in [1.82, 2.24) is 14.8 Å². The van der Waals surface area contributed by atoms with Crippen LogP contribution in [-0.4, -0.2) is 20.7 Å². The van der Waals surface area contributed by atoms with Crippen LogP contribution < -0.4 is 5.32 Å². The average Bonchev–Trinajstić information content (AvgIpc) is 3.37. The fourth-order valence-corrected chi connectivity index (χ4v) is 3.39. The maximum atomic E-state index is 12.6. The van der Waals surface area contributed by atoms with Crippen molar-refractivity contribution in [3.63, 3.8) is 0 Å². The lowest BCUT2D eigenvalue weighted by Crippen LogP contribution is -2.14. The number of amides is 1. The van der Waals surface area contributed by atoms with Gasteiger partial charge in [0.2, 0.25) is 0 Å². The van der Waals surface area contributed by atoms with Crippen molar-refractivity contribution in [1.29, 1.82) is 0 Å². The predicted molar refractivity (Wildman–Crippen MR) is 94.4 cm³/mol. The number of hydrogen-bond donors (Lipinski definition) is 1. The predicted octanol–water partition coefficient (Wildman–Crippen LogP) is 4.21. The van der Waals surface area contributed by atoms with Gasteiger partial charge in [-0.25, -0.2) is 0 Å². The molecule has 0 spiro atoms. The fraction of sp³-hybridized carbons (Fsp3) is 0.316. The topological polar surface area (TPSA) is 73.0 Å². The summed E-state index contributed by atoms with van der Waals surface area (Å²) in [7, 11) is 0. The molecule has 0 saturated heterocycles. The number of carbonyl (C=O) groups excluding carboxylic acids is 1. The molecule has 3 aromatic rings. The van der Waals surface area contributed by atoms with Gasteiger partial charge in [-0.2, -0.15) is 5.10 Å². The minimum Gasteiger partial charge on any atom is -0.463 e. The summed E-state index contributed by atoms with van der Waals surface area (Å²) in [5.74, 6) is 0.462. The summed E-state index contributed by atoms with van der Waals surface area (Å²) >= 11 is 0. The Bertz CT molecular complexity index is 877. The summed E-state index contributed by atoms with van der Waals surface area (Å²) in [6.45, 7) is 2.00. The lowest BCUT2D eigenvalue weighted by atomic mass is 10.2. The number of pyridine rings is 1. The molecule has 1 aliphatic carbocycles. The third-order valence-corrected chi connectivity index (χ3v) is 4.76. The second kappa shape index (κ2) is 6.55. The molecule has 4 rings (SSSR count). The van der Waals surface area contributed by atoms with Crippen LogP contribution in [0.15, 0.2) is 47.3 Å². The number of carbonyl (C=O) groups is 1. The van der Waals surface area contributed by atoms with Crippen molar-refractivity contribution < 1.29 is 9.21 Å². The molecular weight excluding hydrogens is 316 g/mol. The standard InChI is InChI=1S/C19H20N4O2/c1-13-17(12-21-23(13)15-5-2-3-6-15)22-19(24)14-8-9-20-16(11-14)18-7-4-10-25-18/h4,7-12,15H,2-3,5-6H2,1H3,(H,22,24). The monoisotopic (exact) mass is 336 g/mol. The number of furan rings is 1. The van der Waals surface area contributed by atoms with E-state index in [9.17, 15) is 4.79 Å². The van der Waals surface area contributed by atoms with Crippen LogP contribution in [0.5, 0.6) is 0 Å². The molecule has 0 radical (unpaired) electrons. The molecule has 0 atom stereocenters. The van der Waals surface area contributed by atoms with Crippen LogP contribution in [0.1, 0.15) is 47.8 Å². The molecule has 6 nitrogen and oxygen atoms in total.